The Morgan fingerprint density at radius 3 is 2.39 bits per heavy atom. The van der Waals surface area contributed by atoms with Crippen molar-refractivity contribution in [3.05, 3.63) is 68.7 Å². The van der Waals surface area contributed by atoms with Gasteiger partial charge in [0.1, 0.15) is 6.04 Å². The van der Waals surface area contributed by atoms with Crippen molar-refractivity contribution >= 4 is 46.6 Å². The molecule has 0 spiro atoms. The van der Waals surface area contributed by atoms with Gasteiger partial charge in [0.05, 0.1) is 6.42 Å². The number of amides is 2. The maximum absolute atomic E-state index is 13.1. The molecule has 28 heavy (non-hydrogen) atoms. The molecule has 1 atom stereocenters. The van der Waals surface area contributed by atoms with Crippen LogP contribution in [-0.2, 0) is 22.6 Å². The first kappa shape index (κ1) is 22.5. The van der Waals surface area contributed by atoms with Crippen LogP contribution in [0.1, 0.15) is 31.4 Å². The maximum atomic E-state index is 13.1. The van der Waals surface area contributed by atoms with Crippen LogP contribution in [-0.4, -0.2) is 29.3 Å². The molecule has 0 radical (unpaired) electrons. The van der Waals surface area contributed by atoms with E-state index in [-0.39, 0.29) is 24.8 Å². The molecule has 2 amide bonds. The van der Waals surface area contributed by atoms with Gasteiger partial charge < -0.3 is 10.2 Å². The maximum Gasteiger partial charge on any atom is 0.242 e. The lowest BCUT2D eigenvalue weighted by atomic mass is 10.1. The Morgan fingerprint density at radius 2 is 1.75 bits per heavy atom. The van der Waals surface area contributed by atoms with Crippen LogP contribution in [0.2, 0.25) is 15.1 Å². The van der Waals surface area contributed by atoms with Gasteiger partial charge >= 0.3 is 0 Å². The van der Waals surface area contributed by atoms with Crippen LogP contribution in [0, 0.1) is 0 Å². The summed E-state index contributed by atoms with van der Waals surface area (Å²) < 4.78 is 0. The molecule has 0 saturated carbocycles. The Kier molecular flexibility index (Phi) is 8.61. The van der Waals surface area contributed by atoms with E-state index in [2.05, 4.69) is 5.32 Å². The quantitative estimate of drug-likeness (QED) is 0.617. The van der Waals surface area contributed by atoms with E-state index in [4.69, 9.17) is 34.8 Å². The first-order valence-electron chi connectivity index (χ1n) is 9.08. The first-order chi connectivity index (χ1) is 13.3. The number of nitrogens with zero attached hydrogens (tertiary/aromatic N) is 1. The summed E-state index contributed by atoms with van der Waals surface area (Å²) in [6.07, 6.45) is 0.908. The largest absolute Gasteiger partial charge is 0.354 e. The van der Waals surface area contributed by atoms with E-state index in [0.29, 0.717) is 32.7 Å². The average molecular weight is 442 g/mol. The zero-order valence-corrected chi connectivity index (χ0v) is 18.1. The monoisotopic (exact) mass is 440 g/mol. The highest BCUT2D eigenvalue weighted by atomic mass is 35.5. The third-order valence-electron chi connectivity index (χ3n) is 4.37. The van der Waals surface area contributed by atoms with Crippen LogP contribution in [0.25, 0.3) is 0 Å². The minimum Gasteiger partial charge on any atom is -0.354 e. The predicted octanol–water partition coefficient (Wildman–Crippen LogP) is 5.13. The van der Waals surface area contributed by atoms with Crippen molar-refractivity contribution in [2.24, 2.45) is 0 Å². The SMILES string of the molecule is CCCNC(=O)[C@H](C)N(Cc1ccc(Cl)cc1Cl)C(=O)Cc1ccccc1Cl. The van der Waals surface area contributed by atoms with Gasteiger partial charge in [-0.2, -0.15) is 0 Å². The van der Waals surface area contributed by atoms with Crippen LogP contribution in [0.4, 0.5) is 0 Å². The molecule has 7 heteroatoms. The van der Waals surface area contributed by atoms with E-state index >= 15 is 0 Å². The van der Waals surface area contributed by atoms with E-state index in [1.54, 1.807) is 37.3 Å². The van der Waals surface area contributed by atoms with E-state index in [1.165, 1.54) is 4.90 Å². The smallest absolute Gasteiger partial charge is 0.242 e. The van der Waals surface area contributed by atoms with E-state index < -0.39 is 6.04 Å². The fourth-order valence-corrected chi connectivity index (χ4v) is 3.39. The van der Waals surface area contributed by atoms with Crippen molar-refractivity contribution in [2.45, 2.75) is 39.3 Å². The Hall–Kier alpha value is -1.75. The third-order valence-corrected chi connectivity index (χ3v) is 5.33. The van der Waals surface area contributed by atoms with Gasteiger partial charge in [-0.25, -0.2) is 0 Å². The summed E-state index contributed by atoms with van der Waals surface area (Å²) in [4.78, 5) is 27.1. The second kappa shape index (κ2) is 10.7. The zero-order chi connectivity index (χ0) is 20.7. The summed E-state index contributed by atoms with van der Waals surface area (Å²) in [5.74, 6) is -0.419. The number of hydrogen-bond donors (Lipinski definition) is 1. The second-order valence-electron chi connectivity index (χ2n) is 6.49. The van der Waals surface area contributed by atoms with Crippen LogP contribution >= 0.6 is 34.8 Å². The molecule has 0 saturated heterocycles. The van der Waals surface area contributed by atoms with Gasteiger partial charge in [-0.05, 0) is 42.7 Å². The van der Waals surface area contributed by atoms with Crippen LogP contribution in [0.15, 0.2) is 42.5 Å². The Morgan fingerprint density at radius 1 is 1.04 bits per heavy atom. The van der Waals surface area contributed by atoms with Crippen molar-refractivity contribution < 1.29 is 9.59 Å². The van der Waals surface area contributed by atoms with Gasteiger partial charge in [-0.3, -0.25) is 9.59 Å². The van der Waals surface area contributed by atoms with Gasteiger partial charge in [-0.15, -0.1) is 0 Å². The number of hydrogen-bond acceptors (Lipinski definition) is 2. The summed E-state index contributed by atoms with van der Waals surface area (Å²) in [7, 11) is 0. The molecule has 0 heterocycles. The summed E-state index contributed by atoms with van der Waals surface area (Å²) >= 11 is 18.5. The summed E-state index contributed by atoms with van der Waals surface area (Å²) in [6, 6.07) is 11.6. The molecule has 0 aromatic heterocycles. The lowest BCUT2D eigenvalue weighted by molar-refractivity contribution is -0.140. The van der Waals surface area contributed by atoms with Gasteiger partial charge in [0.25, 0.3) is 0 Å². The highest BCUT2D eigenvalue weighted by Gasteiger charge is 2.27. The van der Waals surface area contributed by atoms with Crippen molar-refractivity contribution in [3.63, 3.8) is 0 Å². The molecule has 0 aliphatic rings. The third kappa shape index (κ3) is 6.13. The molecule has 1 N–H and O–H groups in total. The van der Waals surface area contributed by atoms with E-state index in [0.717, 1.165) is 6.42 Å². The molecule has 2 aromatic rings. The number of carbonyl (C=O) groups excluding carboxylic acids is 2. The molecular weight excluding hydrogens is 419 g/mol. The molecule has 0 fully saturated rings. The Labute approximate surface area is 180 Å². The average Bonchev–Trinajstić information content (AvgIpc) is 2.66. The summed E-state index contributed by atoms with van der Waals surface area (Å²) in [5.41, 5.74) is 1.43. The van der Waals surface area contributed by atoms with Crippen molar-refractivity contribution in [1.82, 2.24) is 10.2 Å². The van der Waals surface area contributed by atoms with Crippen molar-refractivity contribution in [3.8, 4) is 0 Å². The minimum absolute atomic E-state index is 0.0935. The summed E-state index contributed by atoms with van der Waals surface area (Å²) in [5, 5.41) is 4.32. The number of nitrogens with one attached hydrogen (secondary N) is 1. The molecule has 0 bridgehead atoms. The van der Waals surface area contributed by atoms with Gasteiger partial charge in [0.2, 0.25) is 11.8 Å². The van der Waals surface area contributed by atoms with E-state index in [9.17, 15) is 9.59 Å². The molecular formula is C21H23Cl3N2O2. The van der Waals surface area contributed by atoms with E-state index in [1.807, 2.05) is 19.1 Å². The molecule has 0 aliphatic carbocycles. The van der Waals surface area contributed by atoms with Crippen molar-refractivity contribution in [1.29, 1.82) is 0 Å². The number of halogens is 3. The molecule has 4 nitrogen and oxygen atoms in total. The van der Waals surface area contributed by atoms with Crippen LogP contribution in [0.5, 0.6) is 0 Å². The summed E-state index contributed by atoms with van der Waals surface area (Å²) in [6.45, 7) is 4.43. The topological polar surface area (TPSA) is 49.4 Å². The lowest BCUT2D eigenvalue weighted by Gasteiger charge is -2.29. The first-order valence-corrected chi connectivity index (χ1v) is 10.2. The predicted molar refractivity (Wildman–Crippen MR) is 115 cm³/mol. The van der Waals surface area contributed by atoms with Crippen molar-refractivity contribution in [2.75, 3.05) is 6.54 Å². The lowest BCUT2D eigenvalue weighted by Crippen LogP contribution is -2.48. The molecule has 150 valence electrons. The van der Waals surface area contributed by atoms with Gasteiger partial charge in [0.15, 0.2) is 0 Å². The molecule has 2 aromatic carbocycles. The Balaban J connectivity index is 2.27. The molecule has 0 unspecified atom stereocenters. The minimum atomic E-state index is -0.659. The number of benzene rings is 2. The fourth-order valence-electron chi connectivity index (χ4n) is 2.72. The fraction of sp³-hybridized carbons (Fsp3) is 0.333. The second-order valence-corrected chi connectivity index (χ2v) is 7.74. The van der Waals surface area contributed by atoms with Crippen LogP contribution < -0.4 is 5.32 Å². The highest BCUT2D eigenvalue weighted by Crippen LogP contribution is 2.24. The van der Waals surface area contributed by atoms with Gasteiger partial charge in [0, 0.05) is 28.2 Å². The molecule has 0 aliphatic heterocycles. The normalized spacial score (nSPS) is 11.8. The number of rotatable bonds is 8. The molecule has 2 rings (SSSR count). The standard InChI is InChI=1S/C21H23Cl3N2O2/c1-3-10-25-21(28)14(2)26(13-16-8-9-17(22)12-19(16)24)20(27)11-15-6-4-5-7-18(15)23/h4-9,12,14H,3,10-11,13H2,1-2H3,(H,25,28)/t14-/m0/s1. The van der Waals surface area contributed by atoms with Gasteiger partial charge in [-0.1, -0.05) is 66.0 Å². The zero-order valence-electron chi connectivity index (χ0n) is 15.8. The number of carbonyl (C=O) groups is 2. The van der Waals surface area contributed by atoms with Crippen LogP contribution in [0.3, 0.4) is 0 Å². The Bertz CT molecular complexity index is 842. The highest BCUT2D eigenvalue weighted by molar-refractivity contribution is 6.35.